The van der Waals surface area contributed by atoms with Gasteiger partial charge in [0.1, 0.15) is 11.9 Å². The standard InChI is InChI=1S/C17H18FN3O2S/c18-12-5-7-13(8-6-12)20-17(23)21-9-1-4-15(21)16(22)19-11-14-3-2-10-24-14/h2-3,5-8,10,15H,1,4,9,11H2,(H,19,22)(H,20,23)/t15-/m1/s1. The minimum Gasteiger partial charge on any atom is -0.349 e. The van der Waals surface area contributed by atoms with Gasteiger partial charge in [-0.15, -0.1) is 11.3 Å². The molecule has 2 N–H and O–H groups in total. The third-order valence-electron chi connectivity index (χ3n) is 3.93. The third kappa shape index (κ3) is 3.91. The number of hydrogen-bond acceptors (Lipinski definition) is 3. The van der Waals surface area contributed by atoms with Gasteiger partial charge in [0.05, 0.1) is 6.54 Å². The zero-order valence-electron chi connectivity index (χ0n) is 13.0. The number of nitrogens with one attached hydrogen (secondary N) is 2. The van der Waals surface area contributed by atoms with E-state index in [-0.39, 0.29) is 17.8 Å². The largest absolute Gasteiger partial charge is 0.349 e. The first kappa shape index (κ1) is 16.4. The Labute approximate surface area is 143 Å². The monoisotopic (exact) mass is 347 g/mol. The molecule has 1 aliphatic heterocycles. The number of anilines is 1. The van der Waals surface area contributed by atoms with Crippen LogP contribution in [-0.4, -0.2) is 29.4 Å². The van der Waals surface area contributed by atoms with Gasteiger partial charge in [-0.2, -0.15) is 0 Å². The van der Waals surface area contributed by atoms with E-state index in [9.17, 15) is 14.0 Å². The quantitative estimate of drug-likeness (QED) is 0.892. The van der Waals surface area contributed by atoms with E-state index >= 15 is 0 Å². The van der Waals surface area contributed by atoms with Crippen LogP contribution in [-0.2, 0) is 11.3 Å². The molecule has 7 heteroatoms. The third-order valence-corrected chi connectivity index (χ3v) is 4.81. The molecule has 2 aromatic rings. The minimum absolute atomic E-state index is 0.143. The Hall–Kier alpha value is -2.41. The molecule has 0 spiro atoms. The highest BCUT2D eigenvalue weighted by atomic mass is 32.1. The smallest absolute Gasteiger partial charge is 0.322 e. The van der Waals surface area contributed by atoms with Gasteiger partial charge in [-0.3, -0.25) is 4.79 Å². The van der Waals surface area contributed by atoms with Crippen molar-refractivity contribution in [2.45, 2.75) is 25.4 Å². The van der Waals surface area contributed by atoms with Crippen LogP contribution in [0, 0.1) is 5.82 Å². The fourth-order valence-electron chi connectivity index (χ4n) is 2.72. The van der Waals surface area contributed by atoms with Gasteiger partial charge < -0.3 is 15.5 Å². The molecule has 2 heterocycles. The van der Waals surface area contributed by atoms with Crippen molar-refractivity contribution >= 4 is 29.0 Å². The van der Waals surface area contributed by atoms with Crippen LogP contribution in [0.2, 0.25) is 0 Å². The lowest BCUT2D eigenvalue weighted by Crippen LogP contribution is -2.47. The Morgan fingerprint density at radius 2 is 2.04 bits per heavy atom. The lowest BCUT2D eigenvalue weighted by molar-refractivity contribution is -0.124. The topological polar surface area (TPSA) is 61.4 Å². The van der Waals surface area contributed by atoms with Gasteiger partial charge in [-0.25, -0.2) is 9.18 Å². The highest BCUT2D eigenvalue weighted by molar-refractivity contribution is 7.09. The van der Waals surface area contributed by atoms with Crippen molar-refractivity contribution in [2.24, 2.45) is 0 Å². The van der Waals surface area contributed by atoms with Crippen LogP contribution in [0.4, 0.5) is 14.9 Å². The van der Waals surface area contributed by atoms with Gasteiger partial charge in [0.25, 0.3) is 0 Å². The van der Waals surface area contributed by atoms with Crippen LogP contribution in [0.3, 0.4) is 0 Å². The van der Waals surface area contributed by atoms with Crippen molar-refractivity contribution < 1.29 is 14.0 Å². The Balaban J connectivity index is 1.58. The average Bonchev–Trinajstić information content (AvgIpc) is 3.26. The Morgan fingerprint density at radius 3 is 2.75 bits per heavy atom. The summed E-state index contributed by atoms with van der Waals surface area (Å²) in [6.45, 7) is 1.00. The Morgan fingerprint density at radius 1 is 1.25 bits per heavy atom. The first-order valence-electron chi connectivity index (χ1n) is 7.77. The van der Waals surface area contributed by atoms with Crippen LogP contribution in [0.5, 0.6) is 0 Å². The second-order valence-corrected chi connectivity index (χ2v) is 6.62. The number of amides is 3. The van der Waals surface area contributed by atoms with Gasteiger partial charge >= 0.3 is 6.03 Å². The molecule has 24 heavy (non-hydrogen) atoms. The molecule has 0 bridgehead atoms. The SMILES string of the molecule is O=C(NCc1cccs1)[C@H]1CCCN1C(=O)Nc1ccc(F)cc1. The number of rotatable bonds is 4. The van der Waals surface area contributed by atoms with Crippen molar-refractivity contribution in [1.29, 1.82) is 0 Å². The highest BCUT2D eigenvalue weighted by Crippen LogP contribution is 2.20. The fourth-order valence-corrected chi connectivity index (χ4v) is 3.36. The van der Waals surface area contributed by atoms with E-state index in [1.54, 1.807) is 11.3 Å². The van der Waals surface area contributed by atoms with E-state index in [2.05, 4.69) is 10.6 Å². The number of urea groups is 1. The van der Waals surface area contributed by atoms with Gasteiger partial charge in [-0.1, -0.05) is 6.07 Å². The summed E-state index contributed by atoms with van der Waals surface area (Å²) in [7, 11) is 0. The molecule has 0 aliphatic carbocycles. The summed E-state index contributed by atoms with van der Waals surface area (Å²) in [5.74, 6) is -0.504. The molecule has 3 rings (SSSR count). The van der Waals surface area contributed by atoms with Crippen LogP contribution in [0.15, 0.2) is 41.8 Å². The predicted octanol–water partition coefficient (Wildman–Crippen LogP) is 3.20. The number of thiophene rings is 1. The Bertz CT molecular complexity index is 703. The van der Waals surface area contributed by atoms with Crippen molar-refractivity contribution in [3.05, 3.63) is 52.5 Å². The molecule has 1 atom stereocenters. The van der Waals surface area contributed by atoms with E-state index in [4.69, 9.17) is 0 Å². The molecule has 0 unspecified atom stereocenters. The summed E-state index contributed by atoms with van der Waals surface area (Å²) in [6, 6.07) is 8.64. The van der Waals surface area contributed by atoms with E-state index in [0.29, 0.717) is 25.2 Å². The molecule has 0 saturated carbocycles. The van der Waals surface area contributed by atoms with Gasteiger partial charge in [-0.05, 0) is 48.6 Å². The van der Waals surface area contributed by atoms with Crippen LogP contribution in [0.25, 0.3) is 0 Å². The summed E-state index contributed by atoms with van der Waals surface area (Å²) in [4.78, 5) is 27.4. The summed E-state index contributed by atoms with van der Waals surface area (Å²) < 4.78 is 12.9. The van der Waals surface area contributed by atoms with E-state index in [1.165, 1.54) is 29.2 Å². The molecule has 5 nitrogen and oxygen atoms in total. The van der Waals surface area contributed by atoms with Crippen molar-refractivity contribution in [1.82, 2.24) is 10.2 Å². The van der Waals surface area contributed by atoms with Gasteiger partial charge in [0, 0.05) is 17.1 Å². The maximum absolute atomic E-state index is 12.9. The van der Waals surface area contributed by atoms with E-state index < -0.39 is 6.04 Å². The molecule has 1 aliphatic rings. The molecule has 1 fully saturated rings. The zero-order chi connectivity index (χ0) is 16.9. The number of nitrogens with zero attached hydrogens (tertiary/aromatic N) is 1. The highest BCUT2D eigenvalue weighted by Gasteiger charge is 2.34. The lowest BCUT2D eigenvalue weighted by Gasteiger charge is -2.24. The van der Waals surface area contributed by atoms with Crippen molar-refractivity contribution in [3.63, 3.8) is 0 Å². The number of carbonyl (C=O) groups excluding carboxylic acids is 2. The zero-order valence-corrected chi connectivity index (χ0v) is 13.8. The van der Waals surface area contributed by atoms with Crippen molar-refractivity contribution in [2.75, 3.05) is 11.9 Å². The summed E-state index contributed by atoms with van der Waals surface area (Å²) in [5.41, 5.74) is 0.506. The lowest BCUT2D eigenvalue weighted by atomic mass is 10.2. The van der Waals surface area contributed by atoms with Crippen LogP contribution in [0.1, 0.15) is 17.7 Å². The number of likely N-dealkylation sites (tertiary alicyclic amines) is 1. The van der Waals surface area contributed by atoms with Gasteiger partial charge in [0.15, 0.2) is 0 Å². The number of halogens is 1. The van der Waals surface area contributed by atoms with Crippen LogP contribution >= 0.6 is 11.3 Å². The molecule has 3 amide bonds. The Kier molecular flexibility index (Phi) is 5.10. The van der Waals surface area contributed by atoms with E-state index in [1.807, 2.05) is 17.5 Å². The minimum atomic E-state index is -0.467. The molecular formula is C17H18FN3O2S. The maximum Gasteiger partial charge on any atom is 0.322 e. The normalized spacial score (nSPS) is 16.9. The molecule has 0 radical (unpaired) electrons. The average molecular weight is 347 g/mol. The summed E-state index contributed by atoms with van der Waals surface area (Å²) in [5, 5.41) is 7.55. The number of hydrogen-bond donors (Lipinski definition) is 2. The summed E-state index contributed by atoms with van der Waals surface area (Å²) >= 11 is 1.58. The fraction of sp³-hybridized carbons (Fsp3) is 0.294. The maximum atomic E-state index is 12.9. The second-order valence-electron chi connectivity index (χ2n) is 5.59. The molecular weight excluding hydrogens is 329 g/mol. The number of carbonyl (C=O) groups is 2. The molecule has 126 valence electrons. The molecule has 1 aromatic carbocycles. The van der Waals surface area contributed by atoms with Crippen LogP contribution < -0.4 is 10.6 Å². The van der Waals surface area contributed by atoms with Crippen molar-refractivity contribution in [3.8, 4) is 0 Å². The number of benzene rings is 1. The van der Waals surface area contributed by atoms with Gasteiger partial charge in [0.2, 0.25) is 5.91 Å². The first-order valence-corrected chi connectivity index (χ1v) is 8.65. The summed E-state index contributed by atoms with van der Waals surface area (Å²) in [6.07, 6.45) is 1.43. The first-order chi connectivity index (χ1) is 11.6. The molecule has 1 saturated heterocycles. The predicted molar refractivity (Wildman–Crippen MR) is 91.3 cm³/mol. The molecule has 1 aromatic heterocycles. The van der Waals surface area contributed by atoms with E-state index in [0.717, 1.165) is 11.3 Å². The second kappa shape index (κ2) is 7.44.